The molecule has 2 unspecified atom stereocenters. The molecule has 0 aromatic carbocycles. The Balaban J connectivity index is 0.000000210. The average Bonchev–Trinajstić information content (AvgIpc) is 1.56. The van der Waals surface area contributed by atoms with Crippen molar-refractivity contribution in [2.24, 2.45) is 41.4 Å². The van der Waals surface area contributed by atoms with Gasteiger partial charge >= 0.3 is 0 Å². The van der Waals surface area contributed by atoms with E-state index in [1.807, 2.05) is 20.3 Å². The maximum Gasteiger partial charge on any atom is 0.155 e. The van der Waals surface area contributed by atoms with Crippen molar-refractivity contribution in [1.29, 1.82) is 0 Å². The van der Waals surface area contributed by atoms with Crippen molar-refractivity contribution in [2.75, 3.05) is 110 Å². The van der Waals surface area contributed by atoms with Gasteiger partial charge in [0.2, 0.25) is 0 Å². The Kier molecular flexibility index (Phi) is 28.7. The summed E-state index contributed by atoms with van der Waals surface area (Å²) < 4.78 is 55.0. The molecule has 1 N–H and O–H groups in total. The van der Waals surface area contributed by atoms with Crippen LogP contribution in [-0.2, 0) is 57.0 Å². The van der Waals surface area contributed by atoms with E-state index in [9.17, 15) is 14.4 Å². The van der Waals surface area contributed by atoms with Crippen LogP contribution in [0.1, 0.15) is 204 Å². The summed E-state index contributed by atoms with van der Waals surface area (Å²) in [6.07, 6.45) is 25.7. The normalized spacial score (nSPS) is 37.4. The summed E-state index contributed by atoms with van der Waals surface area (Å²) in [6.45, 7) is 25.5. The summed E-state index contributed by atoms with van der Waals surface area (Å²) in [5, 5.41) is 7.00. The summed E-state index contributed by atoms with van der Waals surface area (Å²) in [4.78, 5) is 44.5. The average molecular weight is 1260 g/mol. The summed E-state index contributed by atoms with van der Waals surface area (Å²) in [7, 11) is 18.8. The number of hydrogen-bond donors (Lipinski definition) is 1. The first kappa shape index (κ1) is 76.0. The second-order valence-corrected chi connectivity index (χ2v) is 30.9. The number of epoxide rings is 6. The third-order valence-corrected chi connectivity index (χ3v) is 21.8. The highest BCUT2D eigenvalue weighted by molar-refractivity contribution is 5.90. The van der Waals surface area contributed by atoms with E-state index in [1.165, 1.54) is 18.4 Å². The summed E-state index contributed by atoms with van der Waals surface area (Å²) in [6, 6.07) is 0. The third kappa shape index (κ3) is 20.5. The molecule has 9 rings (SSSR count). The quantitative estimate of drug-likeness (QED) is 0.0277. The lowest BCUT2D eigenvalue weighted by atomic mass is 9.64. The number of methoxy groups -OCH3 is 3. The Morgan fingerprint density at radius 1 is 0.562 bits per heavy atom. The van der Waals surface area contributed by atoms with Gasteiger partial charge in [-0.2, -0.15) is 0 Å². The first-order chi connectivity index (χ1) is 42.1. The Morgan fingerprint density at radius 2 is 0.944 bits per heavy atom. The van der Waals surface area contributed by atoms with E-state index in [2.05, 4.69) is 125 Å². The highest BCUT2D eigenvalue weighted by atomic mass is 16.6. The van der Waals surface area contributed by atoms with Gasteiger partial charge in [-0.1, -0.05) is 39.3 Å². The maximum atomic E-state index is 12.7. The van der Waals surface area contributed by atoms with E-state index in [1.54, 1.807) is 7.11 Å². The molecule has 0 amide bonds. The van der Waals surface area contributed by atoms with Crippen LogP contribution in [-0.4, -0.2) is 218 Å². The second kappa shape index (κ2) is 33.6. The first-order valence-corrected chi connectivity index (χ1v) is 35.0. The second-order valence-electron chi connectivity index (χ2n) is 30.9. The number of carbonyl (C=O) groups excluding carboxylic acids is 3. The fourth-order valence-electron chi connectivity index (χ4n) is 16.3. The molecule has 3 saturated carbocycles. The third-order valence-electron chi connectivity index (χ3n) is 21.8. The van der Waals surface area contributed by atoms with Crippen LogP contribution in [0.5, 0.6) is 0 Å². The smallest absolute Gasteiger partial charge is 0.155 e. The van der Waals surface area contributed by atoms with E-state index in [4.69, 9.17) is 47.7 Å². The number of ketones is 3. The van der Waals surface area contributed by atoms with E-state index < -0.39 is 0 Å². The van der Waals surface area contributed by atoms with Crippen molar-refractivity contribution in [1.82, 2.24) is 14.7 Å². The maximum absolute atomic E-state index is 12.7. The van der Waals surface area contributed by atoms with E-state index in [0.717, 1.165) is 148 Å². The van der Waals surface area contributed by atoms with Crippen LogP contribution < -0.4 is 0 Å². The van der Waals surface area contributed by atoms with Crippen LogP contribution in [0, 0.1) is 41.4 Å². The lowest BCUT2D eigenvalue weighted by Gasteiger charge is -2.43. The van der Waals surface area contributed by atoms with Gasteiger partial charge in [-0.05, 0) is 241 Å². The number of aliphatic hydroxyl groups excluding tert-OH is 1. The van der Waals surface area contributed by atoms with Crippen LogP contribution in [0.25, 0.3) is 0 Å². The lowest BCUT2D eigenvalue weighted by Crippen LogP contribution is -2.53. The molecule has 16 nitrogen and oxygen atoms in total. The van der Waals surface area contributed by atoms with Crippen LogP contribution in [0.15, 0.2) is 23.3 Å². The van der Waals surface area contributed by atoms with Gasteiger partial charge in [0.1, 0.15) is 34.0 Å². The largest absolute Gasteiger partial charge is 0.400 e. The predicted molar refractivity (Wildman–Crippen MR) is 353 cm³/mol. The minimum atomic E-state index is -0.253. The van der Waals surface area contributed by atoms with E-state index in [-0.39, 0.29) is 93.4 Å². The fraction of sp³-hybridized carbons (Fsp3) is 0.904. The number of Topliss-reactive ketones (excluding diaryl/α,β-unsaturated/α-hetero) is 2. The minimum absolute atomic E-state index is 0.0472. The van der Waals surface area contributed by atoms with Crippen molar-refractivity contribution in [3.63, 3.8) is 0 Å². The van der Waals surface area contributed by atoms with E-state index >= 15 is 0 Å². The zero-order chi connectivity index (χ0) is 65.7. The van der Waals surface area contributed by atoms with Crippen molar-refractivity contribution in [3.8, 4) is 0 Å². The molecule has 6 saturated heterocycles. The number of nitrogens with zero attached hydrogens (tertiary/aromatic N) is 3. The molecule has 0 aromatic rings. The molecule has 9 fully saturated rings. The Morgan fingerprint density at radius 3 is 1.30 bits per heavy atom. The minimum Gasteiger partial charge on any atom is -0.400 e. The number of unbranched alkanes of at least 4 members (excludes halogenated alkanes) is 3. The summed E-state index contributed by atoms with van der Waals surface area (Å²) in [5.74, 6) is 3.55. The van der Waals surface area contributed by atoms with E-state index in [0.29, 0.717) is 67.7 Å². The van der Waals surface area contributed by atoms with Crippen molar-refractivity contribution >= 4 is 17.3 Å². The van der Waals surface area contributed by atoms with Gasteiger partial charge in [0, 0.05) is 72.4 Å². The van der Waals surface area contributed by atoms with Gasteiger partial charge in [-0.3, -0.25) is 14.4 Å². The van der Waals surface area contributed by atoms with Crippen LogP contribution in [0.4, 0.5) is 0 Å². The highest BCUT2D eigenvalue weighted by Crippen LogP contribution is 2.63. The van der Waals surface area contributed by atoms with Gasteiger partial charge in [-0.15, -0.1) is 0 Å². The number of aliphatic hydroxyl groups is 1. The molecule has 6 heterocycles. The summed E-state index contributed by atoms with van der Waals surface area (Å²) >= 11 is 0. The fourth-order valence-corrected chi connectivity index (χ4v) is 16.3. The topological polar surface area (TPSA) is 184 Å². The summed E-state index contributed by atoms with van der Waals surface area (Å²) in [5.41, 5.74) is 1.56. The first-order valence-electron chi connectivity index (χ1n) is 35.0. The molecule has 89 heavy (non-hydrogen) atoms. The Bertz CT molecular complexity index is 2170. The molecular formula is C73H129N3O13. The number of ether oxygens (including phenoxy) is 9. The van der Waals surface area contributed by atoms with Gasteiger partial charge in [-0.25, -0.2) is 0 Å². The monoisotopic (exact) mass is 1260 g/mol. The molecule has 17 atom stereocenters. The molecule has 0 aromatic heterocycles. The van der Waals surface area contributed by atoms with Gasteiger partial charge in [0.15, 0.2) is 5.78 Å². The molecule has 0 radical (unpaired) electrons. The van der Waals surface area contributed by atoms with Crippen molar-refractivity contribution < 1.29 is 62.1 Å². The molecule has 3 aliphatic carbocycles. The molecule has 9 aliphatic rings. The Hall–Kier alpha value is -2.03. The van der Waals surface area contributed by atoms with Gasteiger partial charge in [0.25, 0.3) is 0 Å². The zero-order valence-electron chi connectivity index (χ0n) is 59.6. The van der Waals surface area contributed by atoms with Crippen molar-refractivity contribution in [3.05, 3.63) is 23.3 Å². The molecule has 6 aliphatic heterocycles. The van der Waals surface area contributed by atoms with Crippen LogP contribution in [0.2, 0.25) is 0 Å². The Labute approximate surface area is 540 Å². The number of carbonyl (C=O) groups is 3. The molecule has 514 valence electrons. The number of hydrogen-bond acceptors (Lipinski definition) is 16. The SMILES string of the molecule is CO.CO[C@@H]1C(=CC(=O)CCCCN(C)C)CC[C@]2(CO2)[C@H]1[C@@]1(C)O[C@@H]1CC=C(C)C.CO[C@@H]1C(CC(=O)CCCCN(C)C)CC[C@]2(CO2)[C@H]1[C@@]1(C)O[C@@H]1CCC(C)C.CO[C@@H]1C(CC(=O)CCCCN(C)C)CC[C@]2(CO2)[C@H]1[C@@]1(C)O[C@@H]1CCC(C)C. The highest BCUT2D eigenvalue weighted by Gasteiger charge is 2.74. The van der Waals surface area contributed by atoms with Gasteiger partial charge < -0.3 is 62.4 Å². The standard InChI is InChI=1S/2C24H43NO4.C24H39NO4.CH4O/c3*1-17(2)10-11-20-23(3,29-20)22-21(27-6)18(12-13-24(22)16-28-24)15-19(26)9-7-8-14-25(4)5;1-2/h2*17-18,20-22H,7-16H2,1-6H3;10,15,20-22H,7-9,11-14,16H2,1-6H3;2H,1H3/t2*18?,20-,21-,22-,23+,24+;20-,21-,22-,23+,24+;/m111./s1. The number of rotatable bonds is 34. The molecule has 16 heteroatoms. The van der Waals surface area contributed by atoms with Crippen LogP contribution >= 0.6 is 0 Å². The zero-order valence-corrected chi connectivity index (χ0v) is 59.6. The number of allylic oxidation sites excluding steroid dienone is 2. The molecule has 0 bridgehead atoms. The van der Waals surface area contributed by atoms with Gasteiger partial charge in [0.05, 0.1) is 73.6 Å². The predicted octanol–water partition coefficient (Wildman–Crippen LogP) is 11.7. The molecular weight excluding hydrogens is 1130 g/mol. The molecule has 3 spiro atoms. The lowest BCUT2D eigenvalue weighted by molar-refractivity contribution is -0.126. The van der Waals surface area contributed by atoms with Crippen LogP contribution in [0.3, 0.4) is 0 Å². The van der Waals surface area contributed by atoms with Crippen molar-refractivity contribution in [2.45, 2.75) is 274 Å².